The Morgan fingerprint density at radius 1 is 1.69 bits per heavy atom. The lowest BCUT2D eigenvalue weighted by molar-refractivity contribution is -0.123. The van der Waals surface area contributed by atoms with Crippen molar-refractivity contribution in [1.82, 2.24) is 4.90 Å². The third kappa shape index (κ3) is 2.72. The van der Waals surface area contributed by atoms with Gasteiger partial charge in [-0.1, -0.05) is 19.0 Å². The zero-order valence-corrected chi connectivity index (χ0v) is 10.0. The monoisotopic (exact) mass is 227 g/mol. The Bertz CT molecular complexity index is 278. The molecule has 92 valence electrons. The van der Waals surface area contributed by atoms with Gasteiger partial charge in [-0.15, -0.1) is 0 Å². The molecule has 0 aromatic carbocycles. The van der Waals surface area contributed by atoms with Crippen LogP contribution in [0.3, 0.4) is 0 Å². The average Bonchev–Trinajstić information content (AvgIpc) is 2.29. The number of likely N-dealkylation sites (tertiary alicyclic amines) is 1. The van der Waals surface area contributed by atoms with E-state index in [1.54, 1.807) is 0 Å². The maximum Gasteiger partial charge on any atom is 0.234 e. The SMILES string of the molecule is CCC1CN(C(CC)C(N)=O)CCC1=NO. The summed E-state index contributed by atoms with van der Waals surface area (Å²) in [6.45, 7) is 5.53. The zero-order chi connectivity index (χ0) is 12.1. The highest BCUT2D eigenvalue weighted by Crippen LogP contribution is 2.20. The van der Waals surface area contributed by atoms with Crippen molar-refractivity contribution in [3.05, 3.63) is 0 Å². The standard InChI is InChI=1S/C11H21N3O2/c1-3-8-7-14(6-5-9(8)13-16)10(4-2)11(12)15/h8,10,16H,3-7H2,1-2H3,(H2,12,15). The molecular formula is C11H21N3O2. The van der Waals surface area contributed by atoms with E-state index in [9.17, 15) is 4.79 Å². The van der Waals surface area contributed by atoms with Crippen molar-refractivity contribution < 1.29 is 10.0 Å². The van der Waals surface area contributed by atoms with Crippen molar-refractivity contribution in [1.29, 1.82) is 0 Å². The van der Waals surface area contributed by atoms with E-state index in [2.05, 4.69) is 17.0 Å². The fourth-order valence-corrected chi connectivity index (χ4v) is 2.36. The van der Waals surface area contributed by atoms with Crippen LogP contribution in [-0.2, 0) is 4.79 Å². The quantitative estimate of drug-likeness (QED) is 0.551. The molecule has 0 saturated carbocycles. The Morgan fingerprint density at radius 2 is 2.38 bits per heavy atom. The number of nitrogens with two attached hydrogens (primary N) is 1. The summed E-state index contributed by atoms with van der Waals surface area (Å²) < 4.78 is 0. The van der Waals surface area contributed by atoms with E-state index in [1.807, 2.05) is 6.92 Å². The molecular weight excluding hydrogens is 206 g/mol. The third-order valence-corrected chi connectivity index (χ3v) is 3.36. The largest absolute Gasteiger partial charge is 0.411 e. The van der Waals surface area contributed by atoms with Crippen molar-refractivity contribution in [2.45, 2.75) is 39.2 Å². The van der Waals surface area contributed by atoms with Crippen molar-refractivity contribution in [2.75, 3.05) is 13.1 Å². The van der Waals surface area contributed by atoms with Gasteiger partial charge >= 0.3 is 0 Å². The Morgan fingerprint density at radius 3 is 2.81 bits per heavy atom. The minimum Gasteiger partial charge on any atom is -0.411 e. The van der Waals surface area contributed by atoms with Gasteiger partial charge in [-0.25, -0.2) is 0 Å². The van der Waals surface area contributed by atoms with Gasteiger partial charge in [-0.3, -0.25) is 9.69 Å². The lowest BCUT2D eigenvalue weighted by atomic mass is 9.92. The van der Waals surface area contributed by atoms with Crippen LogP contribution in [0.5, 0.6) is 0 Å². The van der Waals surface area contributed by atoms with E-state index in [1.165, 1.54) is 0 Å². The van der Waals surface area contributed by atoms with Crippen LogP contribution in [0.2, 0.25) is 0 Å². The van der Waals surface area contributed by atoms with Gasteiger partial charge in [0.05, 0.1) is 11.8 Å². The number of piperidine rings is 1. The van der Waals surface area contributed by atoms with Crippen LogP contribution >= 0.6 is 0 Å². The van der Waals surface area contributed by atoms with Crippen molar-refractivity contribution in [3.8, 4) is 0 Å². The molecule has 0 radical (unpaired) electrons. The maximum atomic E-state index is 11.3. The third-order valence-electron chi connectivity index (χ3n) is 3.36. The van der Waals surface area contributed by atoms with E-state index in [-0.39, 0.29) is 17.9 Å². The van der Waals surface area contributed by atoms with Gasteiger partial charge in [0.2, 0.25) is 5.91 Å². The highest BCUT2D eigenvalue weighted by atomic mass is 16.4. The van der Waals surface area contributed by atoms with Gasteiger partial charge in [0.1, 0.15) is 0 Å². The van der Waals surface area contributed by atoms with Gasteiger partial charge < -0.3 is 10.9 Å². The van der Waals surface area contributed by atoms with Crippen LogP contribution in [0, 0.1) is 5.92 Å². The van der Waals surface area contributed by atoms with Crippen LogP contribution in [0.4, 0.5) is 0 Å². The van der Waals surface area contributed by atoms with Crippen LogP contribution in [0.15, 0.2) is 5.16 Å². The van der Waals surface area contributed by atoms with E-state index in [4.69, 9.17) is 10.9 Å². The van der Waals surface area contributed by atoms with Crippen molar-refractivity contribution in [2.24, 2.45) is 16.8 Å². The number of hydrogen-bond donors (Lipinski definition) is 2. The summed E-state index contributed by atoms with van der Waals surface area (Å²) >= 11 is 0. The summed E-state index contributed by atoms with van der Waals surface area (Å²) in [6.07, 6.45) is 2.38. The predicted molar refractivity (Wildman–Crippen MR) is 62.5 cm³/mol. The minimum atomic E-state index is -0.262. The molecule has 2 unspecified atom stereocenters. The lowest BCUT2D eigenvalue weighted by Crippen LogP contribution is -2.51. The molecule has 2 atom stereocenters. The van der Waals surface area contributed by atoms with Gasteiger partial charge in [0.15, 0.2) is 0 Å². The predicted octanol–water partition coefficient (Wildman–Crippen LogP) is 0.812. The van der Waals surface area contributed by atoms with Gasteiger partial charge in [0, 0.05) is 25.4 Å². The van der Waals surface area contributed by atoms with Crippen molar-refractivity contribution >= 4 is 11.6 Å². The molecule has 1 rings (SSSR count). The van der Waals surface area contributed by atoms with Crippen molar-refractivity contribution in [3.63, 3.8) is 0 Å². The van der Waals surface area contributed by atoms with E-state index in [0.717, 1.165) is 38.1 Å². The molecule has 16 heavy (non-hydrogen) atoms. The first-order chi connectivity index (χ1) is 7.63. The number of nitrogens with zero attached hydrogens (tertiary/aromatic N) is 2. The number of rotatable bonds is 4. The Hall–Kier alpha value is -1.10. The topological polar surface area (TPSA) is 78.9 Å². The average molecular weight is 227 g/mol. The Kier molecular flexibility index (Phi) is 4.73. The lowest BCUT2D eigenvalue weighted by Gasteiger charge is -2.36. The number of amides is 1. The number of carbonyl (C=O) groups excluding carboxylic acids is 1. The summed E-state index contributed by atoms with van der Waals surface area (Å²) in [5.41, 5.74) is 6.22. The first-order valence-corrected chi connectivity index (χ1v) is 5.88. The molecule has 1 saturated heterocycles. The summed E-state index contributed by atoms with van der Waals surface area (Å²) in [5, 5.41) is 12.2. The molecule has 1 aliphatic heterocycles. The second kappa shape index (κ2) is 5.84. The Balaban J connectivity index is 2.69. The zero-order valence-electron chi connectivity index (χ0n) is 10.0. The van der Waals surface area contributed by atoms with E-state index in [0.29, 0.717) is 0 Å². The summed E-state index contributed by atoms with van der Waals surface area (Å²) in [5.74, 6) is -0.0195. The number of carbonyl (C=O) groups is 1. The molecule has 0 aliphatic carbocycles. The van der Waals surface area contributed by atoms with Crippen LogP contribution in [0.1, 0.15) is 33.1 Å². The number of hydrogen-bond acceptors (Lipinski definition) is 4. The molecule has 1 amide bonds. The first kappa shape index (κ1) is 13.0. The molecule has 0 aromatic rings. The molecule has 0 spiro atoms. The molecule has 5 heteroatoms. The summed E-state index contributed by atoms with van der Waals surface area (Å²) in [7, 11) is 0. The summed E-state index contributed by atoms with van der Waals surface area (Å²) in [6, 6.07) is -0.186. The maximum absolute atomic E-state index is 11.3. The highest BCUT2D eigenvalue weighted by Gasteiger charge is 2.30. The molecule has 0 aromatic heterocycles. The van der Waals surface area contributed by atoms with E-state index >= 15 is 0 Å². The van der Waals surface area contributed by atoms with E-state index < -0.39 is 0 Å². The van der Waals surface area contributed by atoms with Crippen LogP contribution in [0.25, 0.3) is 0 Å². The van der Waals surface area contributed by atoms with Crippen LogP contribution in [-0.4, -0.2) is 40.9 Å². The first-order valence-electron chi connectivity index (χ1n) is 5.88. The second-order valence-corrected chi connectivity index (χ2v) is 4.27. The van der Waals surface area contributed by atoms with Crippen LogP contribution < -0.4 is 5.73 Å². The molecule has 1 aliphatic rings. The fraction of sp³-hybridized carbons (Fsp3) is 0.818. The van der Waals surface area contributed by atoms with Gasteiger partial charge in [-0.2, -0.15) is 0 Å². The number of primary amides is 1. The molecule has 0 bridgehead atoms. The smallest absolute Gasteiger partial charge is 0.234 e. The minimum absolute atomic E-state index is 0.186. The Labute approximate surface area is 96.3 Å². The number of oxime groups is 1. The molecule has 3 N–H and O–H groups in total. The highest BCUT2D eigenvalue weighted by molar-refractivity contribution is 5.87. The van der Waals surface area contributed by atoms with Gasteiger partial charge in [0.25, 0.3) is 0 Å². The summed E-state index contributed by atoms with van der Waals surface area (Å²) in [4.78, 5) is 13.4. The second-order valence-electron chi connectivity index (χ2n) is 4.27. The molecule has 1 fully saturated rings. The fourth-order valence-electron chi connectivity index (χ4n) is 2.36. The normalized spacial score (nSPS) is 26.9. The molecule has 1 heterocycles. The molecule has 5 nitrogen and oxygen atoms in total. The van der Waals surface area contributed by atoms with Gasteiger partial charge in [-0.05, 0) is 12.8 Å².